The number of fused-ring (bicyclic) bond motifs is 1. The molecule has 8 heteroatoms. The number of carbonyl (C=O) groups is 1. The molecule has 2 aliphatic rings. The molecule has 0 bridgehead atoms. The fraction of sp³-hybridized carbons (Fsp3) is 0.650. The second kappa shape index (κ2) is 7.22. The molecule has 1 saturated heterocycles. The van der Waals surface area contributed by atoms with E-state index in [-0.39, 0.29) is 6.09 Å². The van der Waals surface area contributed by atoms with Crippen molar-refractivity contribution < 1.29 is 18.8 Å². The summed E-state index contributed by atoms with van der Waals surface area (Å²) in [7, 11) is 0. The molecular formula is C20H29N3O4S. The Morgan fingerprint density at radius 1 is 1.29 bits per heavy atom. The highest BCUT2D eigenvalue weighted by molar-refractivity contribution is 7.91. The van der Waals surface area contributed by atoms with Crippen LogP contribution in [0.3, 0.4) is 0 Å². The lowest BCUT2D eigenvalue weighted by Crippen LogP contribution is -2.53. The molecule has 1 atom stereocenters. The van der Waals surface area contributed by atoms with E-state index in [2.05, 4.69) is 9.38 Å². The molecule has 1 amide bonds. The summed E-state index contributed by atoms with van der Waals surface area (Å²) in [6.07, 6.45) is 2.44. The number of hydrogen-bond acceptors (Lipinski definition) is 6. The van der Waals surface area contributed by atoms with Gasteiger partial charge in [-0.25, -0.2) is 9.78 Å². The normalized spacial score (nSPS) is 21.4. The van der Waals surface area contributed by atoms with Gasteiger partial charge in [-0.3, -0.25) is 0 Å². The SMILES string of the molecule is CC(C)(C)OC(=O)N1CCC2(CC1)Oc1ncccc1C2=N[S@+]([O-])C(C)(C)C. The molecule has 1 fully saturated rings. The van der Waals surface area contributed by atoms with Gasteiger partial charge in [0.1, 0.15) is 27.4 Å². The van der Waals surface area contributed by atoms with E-state index in [1.165, 1.54) is 0 Å². The Kier molecular flexibility index (Phi) is 5.40. The van der Waals surface area contributed by atoms with Crippen LogP contribution in [0.1, 0.15) is 59.9 Å². The van der Waals surface area contributed by atoms with E-state index in [4.69, 9.17) is 9.47 Å². The molecular weight excluding hydrogens is 378 g/mol. The van der Waals surface area contributed by atoms with Crippen molar-refractivity contribution in [3.8, 4) is 5.88 Å². The van der Waals surface area contributed by atoms with Crippen molar-refractivity contribution in [2.75, 3.05) is 13.1 Å². The number of amides is 1. The molecule has 1 aromatic rings. The fourth-order valence-corrected chi connectivity index (χ4v) is 3.90. The quantitative estimate of drug-likeness (QED) is 0.665. The van der Waals surface area contributed by atoms with Crippen molar-refractivity contribution in [2.24, 2.45) is 4.40 Å². The van der Waals surface area contributed by atoms with Gasteiger partial charge in [-0.05, 0) is 53.7 Å². The molecule has 154 valence electrons. The summed E-state index contributed by atoms with van der Waals surface area (Å²) < 4.78 is 28.6. The molecule has 0 aromatic carbocycles. The molecule has 0 aliphatic carbocycles. The zero-order valence-electron chi connectivity index (χ0n) is 17.4. The number of aromatic nitrogens is 1. The highest BCUT2D eigenvalue weighted by Crippen LogP contribution is 2.41. The van der Waals surface area contributed by atoms with Gasteiger partial charge in [-0.1, -0.05) is 4.40 Å². The number of nitrogens with zero attached hydrogens (tertiary/aromatic N) is 3. The minimum atomic E-state index is -1.42. The second-order valence-electron chi connectivity index (χ2n) is 9.22. The first kappa shape index (κ1) is 20.9. The van der Waals surface area contributed by atoms with Crippen LogP contribution < -0.4 is 4.74 Å². The summed E-state index contributed by atoms with van der Waals surface area (Å²) in [6.45, 7) is 12.2. The lowest BCUT2D eigenvalue weighted by Gasteiger charge is -2.38. The van der Waals surface area contributed by atoms with Crippen LogP contribution in [0.4, 0.5) is 4.79 Å². The van der Waals surface area contributed by atoms with Gasteiger partial charge in [0.2, 0.25) is 5.88 Å². The summed E-state index contributed by atoms with van der Waals surface area (Å²) >= 11 is -1.42. The number of carbonyl (C=O) groups excluding carboxylic acids is 1. The number of likely N-dealkylation sites (tertiary alicyclic amines) is 1. The molecule has 3 rings (SSSR count). The maximum absolute atomic E-state index is 12.7. The van der Waals surface area contributed by atoms with Crippen LogP contribution in [0.5, 0.6) is 5.88 Å². The highest BCUT2D eigenvalue weighted by atomic mass is 32.2. The van der Waals surface area contributed by atoms with E-state index in [0.717, 1.165) is 5.56 Å². The van der Waals surface area contributed by atoms with Crippen LogP contribution >= 0.6 is 0 Å². The maximum atomic E-state index is 12.7. The predicted octanol–water partition coefficient (Wildman–Crippen LogP) is 3.50. The maximum Gasteiger partial charge on any atom is 0.410 e. The molecule has 1 spiro atoms. The molecule has 1 aromatic heterocycles. The van der Waals surface area contributed by atoms with E-state index < -0.39 is 27.3 Å². The van der Waals surface area contributed by atoms with E-state index in [1.807, 2.05) is 53.7 Å². The number of rotatable bonds is 1. The number of pyridine rings is 1. The second-order valence-corrected chi connectivity index (χ2v) is 11.1. The van der Waals surface area contributed by atoms with Gasteiger partial charge in [-0.2, -0.15) is 0 Å². The van der Waals surface area contributed by atoms with Crippen molar-refractivity contribution >= 4 is 23.2 Å². The summed E-state index contributed by atoms with van der Waals surface area (Å²) in [4.78, 5) is 18.4. The first-order valence-corrected chi connectivity index (χ1v) is 10.7. The van der Waals surface area contributed by atoms with Gasteiger partial charge in [0.15, 0.2) is 5.60 Å². The topological polar surface area (TPSA) is 87.1 Å². The summed E-state index contributed by atoms with van der Waals surface area (Å²) in [5.74, 6) is 0.512. The zero-order chi connectivity index (χ0) is 20.7. The molecule has 28 heavy (non-hydrogen) atoms. The molecule has 0 saturated carbocycles. The minimum absolute atomic E-state index is 0.326. The van der Waals surface area contributed by atoms with E-state index in [1.54, 1.807) is 11.1 Å². The molecule has 7 nitrogen and oxygen atoms in total. The standard InChI is InChI=1S/C20H29N3O4S/c1-18(2,3)27-17(24)23-12-9-20(10-13-23)15(22-28(25)19(4,5)6)14-8-7-11-21-16(14)26-20/h7-8,11H,9-10,12-13H2,1-6H3/t28-/m1/s1. The van der Waals surface area contributed by atoms with E-state index >= 15 is 0 Å². The molecule has 3 heterocycles. The van der Waals surface area contributed by atoms with Crippen LogP contribution in [0, 0.1) is 0 Å². The summed E-state index contributed by atoms with van der Waals surface area (Å²) in [5.41, 5.74) is 0.210. The minimum Gasteiger partial charge on any atom is -0.591 e. The highest BCUT2D eigenvalue weighted by Gasteiger charge is 2.51. The Labute approximate surface area is 169 Å². The third-order valence-corrected chi connectivity index (χ3v) is 6.07. The summed E-state index contributed by atoms with van der Waals surface area (Å²) in [6, 6.07) is 3.72. The average molecular weight is 408 g/mol. The van der Waals surface area contributed by atoms with Crippen LogP contribution in [0.2, 0.25) is 0 Å². The van der Waals surface area contributed by atoms with Crippen LogP contribution in [-0.4, -0.2) is 55.3 Å². The number of ether oxygens (including phenoxy) is 2. The van der Waals surface area contributed by atoms with Crippen molar-refractivity contribution in [1.82, 2.24) is 9.88 Å². The third-order valence-electron chi connectivity index (χ3n) is 4.67. The largest absolute Gasteiger partial charge is 0.591 e. The third kappa shape index (κ3) is 4.27. The van der Waals surface area contributed by atoms with Gasteiger partial charge in [-0.15, -0.1) is 0 Å². The Morgan fingerprint density at radius 2 is 1.93 bits per heavy atom. The van der Waals surface area contributed by atoms with Gasteiger partial charge in [0.05, 0.1) is 5.56 Å². The number of piperidine rings is 1. The number of hydrogen-bond donors (Lipinski definition) is 0. The Bertz CT molecular complexity index is 774. The van der Waals surface area contributed by atoms with E-state index in [9.17, 15) is 9.35 Å². The van der Waals surface area contributed by atoms with Crippen LogP contribution in [-0.2, 0) is 16.1 Å². The Balaban J connectivity index is 1.85. The lowest BCUT2D eigenvalue weighted by molar-refractivity contribution is 0.00548. The van der Waals surface area contributed by atoms with E-state index in [0.29, 0.717) is 37.5 Å². The fourth-order valence-electron chi connectivity index (χ4n) is 3.20. The van der Waals surface area contributed by atoms with Crippen molar-refractivity contribution in [3.63, 3.8) is 0 Å². The first-order chi connectivity index (χ1) is 12.9. The molecule has 0 N–H and O–H groups in total. The molecule has 2 aliphatic heterocycles. The lowest BCUT2D eigenvalue weighted by atomic mass is 9.85. The Hall–Kier alpha value is -1.80. The first-order valence-electron chi connectivity index (χ1n) is 9.55. The monoisotopic (exact) mass is 407 g/mol. The molecule has 0 unspecified atom stereocenters. The Morgan fingerprint density at radius 3 is 2.50 bits per heavy atom. The van der Waals surface area contributed by atoms with Crippen molar-refractivity contribution in [3.05, 3.63) is 23.9 Å². The van der Waals surface area contributed by atoms with Gasteiger partial charge < -0.3 is 18.9 Å². The smallest absolute Gasteiger partial charge is 0.410 e. The van der Waals surface area contributed by atoms with Gasteiger partial charge in [0.25, 0.3) is 0 Å². The summed E-state index contributed by atoms with van der Waals surface area (Å²) in [5, 5.41) is 0. The molecule has 0 radical (unpaired) electrons. The van der Waals surface area contributed by atoms with Crippen LogP contribution in [0.25, 0.3) is 0 Å². The predicted molar refractivity (Wildman–Crippen MR) is 109 cm³/mol. The van der Waals surface area contributed by atoms with Crippen molar-refractivity contribution in [1.29, 1.82) is 0 Å². The average Bonchev–Trinajstić information content (AvgIpc) is 2.86. The van der Waals surface area contributed by atoms with Gasteiger partial charge in [0, 0.05) is 32.1 Å². The zero-order valence-corrected chi connectivity index (χ0v) is 18.3. The van der Waals surface area contributed by atoms with Crippen LogP contribution in [0.15, 0.2) is 22.7 Å². The van der Waals surface area contributed by atoms with Crippen molar-refractivity contribution in [2.45, 2.75) is 70.3 Å². The van der Waals surface area contributed by atoms with Gasteiger partial charge >= 0.3 is 6.09 Å².